The maximum atomic E-state index is 12.8. The number of hydrogen-bond acceptors (Lipinski definition) is 5. The van der Waals surface area contributed by atoms with Crippen LogP contribution in [0.4, 0.5) is 26.3 Å². The van der Waals surface area contributed by atoms with Crippen LogP contribution in [0.2, 0.25) is 0 Å². The third-order valence-corrected chi connectivity index (χ3v) is 3.49. The number of carbonyl (C=O) groups excluding carboxylic acids is 1. The van der Waals surface area contributed by atoms with Crippen LogP contribution in [0.1, 0.15) is 47.1 Å². The first kappa shape index (κ1) is 20.6. The van der Waals surface area contributed by atoms with Crippen molar-refractivity contribution >= 4 is 5.97 Å². The van der Waals surface area contributed by atoms with Gasteiger partial charge < -0.3 is 4.74 Å². The summed E-state index contributed by atoms with van der Waals surface area (Å²) < 4.78 is 83.1. The summed E-state index contributed by atoms with van der Waals surface area (Å²) in [5.41, 5.74) is -4.07. The first-order chi connectivity index (χ1) is 12.5. The second kappa shape index (κ2) is 7.92. The maximum absolute atomic E-state index is 12.8. The predicted octanol–water partition coefficient (Wildman–Crippen LogP) is 3.87. The lowest BCUT2D eigenvalue weighted by Crippen LogP contribution is -2.15. The Morgan fingerprint density at radius 3 is 2.19 bits per heavy atom. The van der Waals surface area contributed by atoms with Gasteiger partial charge in [-0.15, -0.1) is 5.10 Å². The van der Waals surface area contributed by atoms with E-state index in [0.29, 0.717) is 18.7 Å². The summed E-state index contributed by atoms with van der Waals surface area (Å²) >= 11 is 0. The molecule has 2 aromatic rings. The maximum Gasteiger partial charge on any atom is 0.416 e. The molecule has 0 amide bonds. The summed E-state index contributed by atoms with van der Waals surface area (Å²) in [6, 6.07) is 0.539. The fourth-order valence-electron chi connectivity index (χ4n) is 2.09. The zero-order valence-corrected chi connectivity index (χ0v) is 13.9. The van der Waals surface area contributed by atoms with Gasteiger partial charge in [-0.2, -0.15) is 26.3 Å². The van der Waals surface area contributed by atoms with Crippen molar-refractivity contribution in [2.24, 2.45) is 0 Å². The van der Waals surface area contributed by atoms with E-state index in [9.17, 15) is 31.1 Å². The van der Waals surface area contributed by atoms with E-state index >= 15 is 0 Å². The van der Waals surface area contributed by atoms with Gasteiger partial charge >= 0.3 is 18.3 Å². The fourth-order valence-corrected chi connectivity index (χ4v) is 2.09. The molecule has 27 heavy (non-hydrogen) atoms. The molecule has 0 saturated heterocycles. The van der Waals surface area contributed by atoms with E-state index in [1.54, 1.807) is 0 Å². The van der Waals surface area contributed by atoms with E-state index in [0.717, 1.165) is 12.8 Å². The number of aryl methyl sites for hydroxylation is 1. The predicted molar refractivity (Wildman–Crippen MR) is 78.3 cm³/mol. The number of aromatic nitrogens is 4. The standard InChI is InChI=1S/C15H14F6N4O2/c1-2-3-4-25-12(22-23-24-25)8-27-13(26)9-5-10(14(16,17)18)7-11(6-9)15(19,20)21/h5-7H,2-4,8H2,1H3. The molecule has 1 aromatic carbocycles. The van der Waals surface area contributed by atoms with Crippen molar-refractivity contribution in [3.63, 3.8) is 0 Å². The molecule has 0 radical (unpaired) electrons. The van der Waals surface area contributed by atoms with Crippen molar-refractivity contribution in [2.45, 2.75) is 45.3 Å². The molecule has 0 saturated carbocycles. The first-order valence-electron chi connectivity index (χ1n) is 7.74. The Labute approximate surface area is 149 Å². The SMILES string of the molecule is CCCCn1nnnc1COC(=O)c1cc(C(F)(F)F)cc(C(F)(F)F)c1. The van der Waals surface area contributed by atoms with Crippen LogP contribution < -0.4 is 0 Å². The van der Waals surface area contributed by atoms with Crippen molar-refractivity contribution in [3.05, 3.63) is 40.7 Å². The molecule has 0 unspecified atom stereocenters. The lowest BCUT2D eigenvalue weighted by Gasteiger charge is -2.13. The minimum Gasteiger partial charge on any atom is -0.454 e. The molecular formula is C15H14F6N4O2. The molecule has 0 atom stereocenters. The van der Waals surface area contributed by atoms with Gasteiger partial charge in [-0.3, -0.25) is 0 Å². The molecule has 0 aliphatic carbocycles. The number of rotatable bonds is 6. The van der Waals surface area contributed by atoms with Gasteiger partial charge in [0.05, 0.1) is 16.7 Å². The number of benzene rings is 1. The highest BCUT2D eigenvalue weighted by Crippen LogP contribution is 2.36. The van der Waals surface area contributed by atoms with Crippen molar-refractivity contribution in [2.75, 3.05) is 0 Å². The second-order valence-electron chi connectivity index (χ2n) is 5.54. The minimum absolute atomic E-state index is 0.0674. The van der Waals surface area contributed by atoms with Gasteiger partial charge in [0.25, 0.3) is 0 Å². The van der Waals surface area contributed by atoms with Crippen molar-refractivity contribution in [3.8, 4) is 0 Å². The summed E-state index contributed by atoms with van der Waals surface area (Å²) in [4.78, 5) is 12.0. The van der Waals surface area contributed by atoms with Crippen LogP contribution in [0, 0.1) is 0 Å². The number of unbranched alkanes of at least 4 members (excludes halogenated alkanes) is 1. The molecule has 0 N–H and O–H groups in total. The van der Waals surface area contributed by atoms with E-state index in [2.05, 4.69) is 15.5 Å². The zero-order valence-electron chi connectivity index (χ0n) is 13.9. The number of carbonyl (C=O) groups is 1. The molecular weight excluding hydrogens is 382 g/mol. The Morgan fingerprint density at radius 2 is 1.67 bits per heavy atom. The highest BCUT2D eigenvalue weighted by molar-refractivity contribution is 5.90. The fraction of sp³-hybridized carbons (Fsp3) is 0.467. The molecule has 0 bridgehead atoms. The quantitative estimate of drug-likeness (QED) is 0.548. The summed E-state index contributed by atoms with van der Waals surface area (Å²) in [6.45, 7) is 1.86. The van der Waals surface area contributed by atoms with Crippen LogP contribution in [0.3, 0.4) is 0 Å². The Kier molecular flexibility index (Phi) is 6.06. The summed E-state index contributed by atoms with van der Waals surface area (Å²) in [6.07, 6.45) is -8.54. The summed E-state index contributed by atoms with van der Waals surface area (Å²) in [5.74, 6) is -1.23. The van der Waals surface area contributed by atoms with Gasteiger partial charge in [0.2, 0.25) is 0 Å². The average molecular weight is 396 g/mol. The van der Waals surface area contributed by atoms with Gasteiger partial charge in [-0.1, -0.05) is 13.3 Å². The number of halogens is 6. The molecule has 12 heteroatoms. The molecule has 0 fully saturated rings. The average Bonchev–Trinajstić information content (AvgIpc) is 3.03. The minimum atomic E-state index is -5.06. The molecule has 2 rings (SSSR count). The number of nitrogens with zero attached hydrogens (tertiary/aromatic N) is 4. The van der Waals surface area contributed by atoms with E-state index in [1.807, 2.05) is 6.92 Å². The van der Waals surface area contributed by atoms with Crippen molar-refractivity contribution < 1.29 is 35.9 Å². The van der Waals surface area contributed by atoms with Crippen molar-refractivity contribution in [1.29, 1.82) is 0 Å². The van der Waals surface area contributed by atoms with Crippen LogP contribution in [0.15, 0.2) is 18.2 Å². The summed E-state index contributed by atoms with van der Waals surface area (Å²) in [5, 5.41) is 10.7. The van der Waals surface area contributed by atoms with E-state index in [-0.39, 0.29) is 11.9 Å². The molecule has 0 aliphatic rings. The topological polar surface area (TPSA) is 69.9 Å². The normalized spacial score (nSPS) is 12.3. The van der Waals surface area contributed by atoms with E-state index in [1.165, 1.54) is 4.68 Å². The van der Waals surface area contributed by atoms with E-state index in [4.69, 9.17) is 4.74 Å². The first-order valence-corrected chi connectivity index (χ1v) is 7.74. The van der Waals surface area contributed by atoms with Crippen LogP contribution in [0.5, 0.6) is 0 Å². The number of hydrogen-bond donors (Lipinski definition) is 0. The molecule has 0 spiro atoms. The van der Waals surface area contributed by atoms with Gasteiger partial charge in [0, 0.05) is 6.54 Å². The second-order valence-corrected chi connectivity index (χ2v) is 5.54. The summed E-state index contributed by atoms with van der Waals surface area (Å²) in [7, 11) is 0. The van der Waals surface area contributed by atoms with Gasteiger partial charge in [-0.05, 0) is 35.0 Å². The molecule has 6 nitrogen and oxygen atoms in total. The van der Waals surface area contributed by atoms with Crippen LogP contribution in [-0.2, 0) is 30.2 Å². The van der Waals surface area contributed by atoms with Gasteiger partial charge in [0.1, 0.15) is 0 Å². The molecule has 1 aromatic heterocycles. The van der Waals surface area contributed by atoms with Crippen LogP contribution >= 0.6 is 0 Å². The number of alkyl halides is 6. The lowest BCUT2D eigenvalue weighted by atomic mass is 10.0. The third-order valence-electron chi connectivity index (χ3n) is 3.49. The van der Waals surface area contributed by atoms with E-state index < -0.39 is 41.6 Å². The molecule has 1 heterocycles. The highest BCUT2D eigenvalue weighted by Gasteiger charge is 2.37. The molecule has 0 aliphatic heterocycles. The smallest absolute Gasteiger partial charge is 0.416 e. The Bertz CT molecular complexity index is 768. The van der Waals surface area contributed by atoms with Crippen LogP contribution in [0.25, 0.3) is 0 Å². The lowest BCUT2D eigenvalue weighted by molar-refractivity contribution is -0.143. The highest BCUT2D eigenvalue weighted by atomic mass is 19.4. The van der Waals surface area contributed by atoms with Crippen molar-refractivity contribution in [1.82, 2.24) is 20.2 Å². The molecule has 148 valence electrons. The van der Waals surface area contributed by atoms with Gasteiger partial charge in [0.15, 0.2) is 12.4 Å². The Hall–Kier alpha value is -2.66. The number of esters is 1. The van der Waals surface area contributed by atoms with Gasteiger partial charge in [-0.25, -0.2) is 9.48 Å². The Balaban J connectivity index is 2.22. The Morgan fingerprint density at radius 1 is 1.07 bits per heavy atom. The number of ether oxygens (including phenoxy) is 1. The third kappa shape index (κ3) is 5.41. The zero-order chi connectivity index (χ0) is 20.2. The monoisotopic (exact) mass is 396 g/mol. The number of tetrazole rings is 1. The largest absolute Gasteiger partial charge is 0.454 e. The van der Waals surface area contributed by atoms with Crippen LogP contribution in [-0.4, -0.2) is 26.2 Å².